The van der Waals surface area contributed by atoms with E-state index in [2.05, 4.69) is 46.0 Å². The summed E-state index contributed by atoms with van der Waals surface area (Å²) in [6, 6.07) is 12.6. The number of benzene rings is 1. The number of aliphatic hydroxyl groups excluding tert-OH is 1. The molecule has 0 bridgehead atoms. The SMILES string of the molecule is OCCSCc1ccnc(NCc2csc3ccccc23)c1. The molecule has 0 fully saturated rings. The van der Waals surface area contributed by atoms with E-state index in [1.54, 1.807) is 23.1 Å². The van der Waals surface area contributed by atoms with E-state index in [9.17, 15) is 0 Å². The van der Waals surface area contributed by atoms with Gasteiger partial charge in [0, 0.05) is 28.9 Å². The van der Waals surface area contributed by atoms with E-state index in [4.69, 9.17) is 5.11 Å². The average molecular weight is 330 g/mol. The number of aliphatic hydroxyl groups is 1. The third-order valence-corrected chi connectivity index (χ3v) is 5.37. The molecule has 2 heterocycles. The number of aromatic nitrogens is 1. The monoisotopic (exact) mass is 330 g/mol. The van der Waals surface area contributed by atoms with E-state index in [0.717, 1.165) is 23.9 Å². The van der Waals surface area contributed by atoms with Crippen LogP contribution in [-0.4, -0.2) is 22.5 Å². The first kappa shape index (κ1) is 15.3. The summed E-state index contributed by atoms with van der Waals surface area (Å²) in [6.07, 6.45) is 1.84. The van der Waals surface area contributed by atoms with Crippen LogP contribution in [0.25, 0.3) is 10.1 Å². The molecule has 0 unspecified atom stereocenters. The number of fused-ring (bicyclic) bond motifs is 1. The van der Waals surface area contributed by atoms with Crippen molar-refractivity contribution in [3.8, 4) is 0 Å². The van der Waals surface area contributed by atoms with Crippen LogP contribution in [0.4, 0.5) is 5.82 Å². The molecule has 3 nitrogen and oxygen atoms in total. The molecule has 0 amide bonds. The Labute approximate surface area is 138 Å². The molecule has 0 aliphatic carbocycles. The minimum absolute atomic E-state index is 0.228. The summed E-state index contributed by atoms with van der Waals surface area (Å²) in [7, 11) is 0. The van der Waals surface area contributed by atoms with Crippen LogP contribution >= 0.6 is 23.1 Å². The van der Waals surface area contributed by atoms with Crippen LogP contribution in [0.15, 0.2) is 48.0 Å². The number of nitrogens with one attached hydrogen (secondary N) is 1. The Kier molecular flexibility index (Phi) is 5.32. The Morgan fingerprint density at radius 1 is 1.23 bits per heavy atom. The molecule has 0 aliphatic heterocycles. The van der Waals surface area contributed by atoms with Crippen molar-refractivity contribution in [1.82, 2.24) is 4.98 Å². The molecule has 0 saturated carbocycles. The molecule has 2 aromatic heterocycles. The summed E-state index contributed by atoms with van der Waals surface area (Å²) in [5, 5.41) is 15.8. The molecule has 0 aliphatic rings. The zero-order valence-corrected chi connectivity index (χ0v) is 13.8. The predicted molar refractivity (Wildman–Crippen MR) is 96.6 cm³/mol. The van der Waals surface area contributed by atoms with Crippen LogP contribution in [0, 0.1) is 0 Å². The third kappa shape index (κ3) is 3.80. The molecule has 0 radical (unpaired) electrons. The van der Waals surface area contributed by atoms with Gasteiger partial charge in [-0.05, 0) is 40.1 Å². The van der Waals surface area contributed by atoms with Crippen molar-refractivity contribution in [3.63, 3.8) is 0 Å². The molecule has 0 atom stereocenters. The van der Waals surface area contributed by atoms with Gasteiger partial charge in [-0.1, -0.05) is 18.2 Å². The van der Waals surface area contributed by atoms with Gasteiger partial charge in [-0.25, -0.2) is 4.98 Å². The molecular formula is C17H18N2OS2. The number of hydrogen-bond acceptors (Lipinski definition) is 5. The third-order valence-electron chi connectivity index (χ3n) is 3.35. The smallest absolute Gasteiger partial charge is 0.126 e. The molecule has 0 spiro atoms. The first-order chi connectivity index (χ1) is 10.9. The second-order valence-corrected chi connectivity index (χ2v) is 6.95. The molecule has 5 heteroatoms. The van der Waals surface area contributed by atoms with E-state index in [1.165, 1.54) is 21.2 Å². The standard InChI is InChI=1S/C17H18N2OS2/c20-7-8-21-11-13-5-6-18-17(9-13)19-10-14-12-22-16-4-2-1-3-15(14)16/h1-6,9,12,20H,7-8,10-11H2,(H,18,19). The van der Waals surface area contributed by atoms with Gasteiger partial charge in [-0.3, -0.25) is 0 Å². The zero-order valence-electron chi connectivity index (χ0n) is 12.2. The molecule has 3 aromatic rings. The highest BCUT2D eigenvalue weighted by Crippen LogP contribution is 2.26. The number of rotatable bonds is 7. The maximum atomic E-state index is 8.83. The van der Waals surface area contributed by atoms with E-state index in [0.29, 0.717) is 0 Å². The van der Waals surface area contributed by atoms with Crippen LogP contribution in [0.2, 0.25) is 0 Å². The lowest BCUT2D eigenvalue weighted by molar-refractivity contribution is 0.322. The zero-order chi connectivity index (χ0) is 15.2. The summed E-state index contributed by atoms with van der Waals surface area (Å²) in [5.41, 5.74) is 2.54. The van der Waals surface area contributed by atoms with Gasteiger partial charge in [0.2, 0.25) is 0 Å². The van der Waals surface area contributed by atoms with Crippen molar-refractivity contribution in [3.05, 3.63) is 59.1 Å². The van der Waals surface area contributed by atoms with E-state index < -0.39 is 0 Å². The van der Waals surface area contributed by atoms with Gasteiger partial charge in [0.25, 0.3) is 0 Å². The van der Waals surface area contributed by atoms with Gasteiger partial charge in [-0.15, -0.1) is 11.3 Å². The summed E-state index contributed by atoms with van der Waals surface area (Å²) < 4.78 is 1.32. The normalized spacial score (nSPS) is 11.0. The van der Waals surface area contributed by atoms with Gasteiger partial charge < -0.3 is 10.4 Å². The second kappa shape index (κ2) is 7.63. The number of pyridine rings is 1. The van der Waals surface area contributed by atoms with Crippen molar-refractivity contribution in [1.29, 1.82) is 0 Å². The molecule has 0 saturated heterocycles. The Balaban J connectivity index is 1.65. The Bertz CT molecular complexity index is 742. The highest BCUT2D eigenvalue weighted by molar-refractivity contribution is 7.98. The lowest BCUT2D eigenvalue weighted by Crippen LogP contribution is -2.01. The maximum absolute atomic E-state index is 8.83. The second-order valence-electron chi connectivity index (χ2n) is 4.94. The molecular weight excluding hydrogens is 312 g/mol. The maximum Gasteiger partial charge on any atom is 0.126 e. The molecule has 3 rings (SSSR count). The Morgan fingerprint density at radius 3 is 3.05 bits per heavy atom. The summed E-state index contributed by atoms with van der Waals surface area (Å²) >= 11 is 3.51. The topological polar surface area (TPSA) is 45.2 Å². The lowest BCUT2D eigenvalue weighted by atomic mass is 10.2. The van der Waals surface area contributed by atoms with E-state index in [1.807, 2.05) is 12.3 Å². The molecule has 22 heavy (non-hydrogen) atoms. The Hall–Kier alpha value is -1.56. The van der Waals surface area contributed by atoms with Crippen LogP contribution in [0.3, 0.4) is 0 Å². The van der Waals surface area contributed by atoms with Gasteiger partial charge in [-0.2, -0.15) is 11.8 Å². The molecule has 2 N–H and O–H groups in total. The van der Waals surface area contributed by atoms with Crippen molar-refractivity contribution >= 4 is 39.0 Å². The quantitative estimate of drug-likeness (QED) is 0.639. The van der Waals surface area contributed by atoms with Crippen LogP contribution in [0.1, 0.15) is 11.1 Å². The van der Waals surface area contributed by atoms with Gasteiger partial charge in [0.1, 0.15) is 5.82 Å². The highest BCUT2D eigenvalue weighted by atomic mass is 32.2. The Morgan fingerprint density at radius 2 is 2.14 bits per heavy atom. The average Bonchev–Trinajstić information content (AvgIpc) is 2.97. The van der Waals surface area contributed by atoms with Crippen LogP contribution in [-0.2, 0) is 12.3 Å². The number of thiophene rings is 1. The lowest BCUT2D eigenvalue weighted by Gasteiger charge is -2.07. The number of anilines is 1. The molecule has 114 valence electrons. The first-order valence-electron chi connectivity index (χ1n) is 7.19. The number of nitrogens with zero attached hydrogens (tertiary/aromatic N) is 1. The summed E-state index contributed by atoms with van der Waals surface area (Å²) in [4.78, 5) is 4.38. The number of thioether (sulfide) groups is 1. The van der Waals surface area contributed by atoms with E-state index in [-0.39, 0.29) is 6.61 Å². The highest BCUT2D eigenvalue weighted by Gasteiger charge is 2.04. The van der Waals surface area contributed by atoms with Gasteiger partial charge >= 0.3 is 0 Å². The van der Waals surface area contributed by atoms with Crippen molar-refractivity contribution in [2.75, 3.05) is 17.7 Å². The summed E-state index contributed by atoms with van der Waals surface area (Å²) in [5.74, 6) is 2.57. The fourth-order valence-corrected chi connectivity index (χ4v) is 3.92. The van der Waals surface area contributed by atoms with E-state index >= 15 is 0 Å². The largest absolute Gasteiger partial charge is 0.396 e. The minimum atomic E-state index is 0.228. The fraction of sp³-hybridized carbons (Fsp3) is 0.235. The van der Waals surface area contributed by atoms with Crippen LogP contribution in [0.5, 0.6) is 0 Å². The first-order valence-corrected chi connectivity index (χ1v) is 9.23. The minimum Gasteiger partial charge on any atom is -0.396 e. The van der Waals surface area contributed by atoms with Gasteiger partial charge in [0.15, 0.2) is 0 Å². The van der Waals surface area contributed by atoms with Crippen LogP contribution < -0.4 is 5.32 Å². The van der Waals surface area contributed by atoms with Gasteiger partial charge in [0.05, 0.1) is 6.61 Å². The fourth-order valence-electron chi connectivity index (χ4n) is 2.27. The summed E-state index contributed by atoms with van der Waals surface area (Å²) in [6.45, 7) is 1.01. The predicted octanol–water partition coefficient (Wildman–Crippen LogP) is 4.13. The molecule has 1 aromatic carbocycles. The van der Waals surface area contributed by atoms with Crippen molar-refractivity contribution in [2.24, 2.45) is 0 Å². The van der Waals surface area contributed by atoms with Crippen molar-refractivity contribution < 1.29 is 5.11 Å². The number of hydrogen-bond donors (Lipinski definition) is 2. The van der Waals surface area contributed by atoms with Crippen molar-refractivity contribution in [2.45, 2.75) is 12.3 Å².